The first-order valence-corrected chi connectivity index (χ1v) is 10.0. The number of ether oxygens (including phenoxy) is 1. The first kappa shape index (κ1) is 24.7. The summed E-state index contributed by atoms with van der Waals surface area (Å²) >= 11 is 0. The monoisotopic (exact) mass is 413 g/mol. The van der Waals surface area contributed by atoms with Gasteiger partial charge in [-0.3, -0.25) is 0 Å². The molecule has 146 valence electrons. The van der Waals surface area contributed by atoms with Crippen molar-refractivity contribution in [1.29, 1.82) is 0 Å². The van der Waals surface area contributed by atoms with E-state index in [0.29, 0.717) is 12.2 Å². The van der Waals surface area contributed by atoms with Crippen LogP contribution in [0.2, 0.25) is 0 Å². The minimum Gasteiger partial charge on any atom is -0.546 e. The number of hydrogen-bond donors (Lipinski definition) is 0. The third-order valence-corrected chi connectivity index (χ3v) is 6.35. The van der Waals surface area contributed by atoms with Gasteiger partial charge in [0.2, 0.25) is 10.0 Å². The Labute approximate surface area is 188 Å². The molecular weight excluding hydrogens is 389 g/mol. The quantitative estimate of drug-likeness (QED) is 0.510. The second-order valence-corrected chi connectivity index (χ2v) is 8.93. The van der Waals surface area contributed by atoms with Crippen molar-refractivity contribution < 1.29 is 52.6 Å². The van der Waals surface area contributed by atoms with Gasteiger partial charge in [0.25, 0.3) is 0 Å². The van der Waals surface area contributed by atoms with Crippen LogP contribution in [-0.4, -0.2) is 37.4 Å². The number of aliphatic carboxylic acids is 1. The topological polar surface area (TPSA) is 86.7 Å². The molecule has 8 heteroatoms. The Morgan fingerprint density at radius 1 is 1.11 bits per heavy atom. The van der Waals surface area contributed by atoms with Crippen LogP contribution in [0.25, 0.3) is 0 Å². The Morgan fingerprint density at radius 2 is 1.64 bits per heavy atom. The maximum absolute atomic E-state index is 12.7. The van der Waals surface area contributed by atoms with E-state index in [0.717, 1.165) is 5.56 Å². The molecule has 2 aromatic rings. The maximum atomic E-state index is 12.7. The summed E-state index contributed by atoms with van der Waals surface area (Å²) in [6.07, 6.45) is 0.507. The van der Waals surface area contributed by atoms with Crippen molar-refractivity contribution in [1.82, 2.24) is 4.31 Å². The Balaban J connectivity index is 0.00000392. The van der Waals surface area contributed by atoms with Gasteiger partial charge in [-0.1, -0.05) is 30.3 Å². The van der Waals surface area contributed by atoms with Gasteiger partial charge in [-0.05, 0) is 57.0 Å². The Morgan fingerprint density at radius 3 is 2.14 bits per heavy atom. The molecule has 1 atom stereocenters. The Kier molecular flexibility index (Phi) is 8.71. The van der Waals surface area contributed by atoms with Crippen LogP contribution < -0.4 is 39.4 Å². The SMILES string of the molecule is CC(Cc1ccc(OC(C)(C)C(=O)[O-])cc1)N(C)S(=O)(=O)c1ccccc1.[Na+]. The van der Waals surface area contributed by atoms with Gasteiger partial charge in [0, 0.05) is 13.1 Å². The number of carboxylic acids is 1. The normalized spacial score (nSPS) is 12.9. The summed E-state index contributed by atoms with van der Waals surface area (Å²) in [6, 6.07) is 15.0. The first-order valence-electron chi connectivity index (χ1n) is 8.56. The van der Waals surface area contributed by atoms with E-state index in [-0.39, 0.29) is 40.5 Å². The van der Waals surface area contributed by atoms with Crippen molar-refractivity contribution in [2.45, 2.75) is 43.7 Å². The van der Waals surface area contributed by atoms with Gasteiger partial charge in [-0.2, -0.15) is 4.31 Å². The summed E-state index contributed by atoms with van der Waals surface area (Å²) in [5.41, 5.74) is -0.519. The van der Waals surface area contributed by atoms with Crippen molar-refractivity contribution in [3.8, 4) is 5.75 Å². The fourth-order valence-electron chi connectivity index (χ4n) is 2.50. The molecule has 0 fully saturated rings. The summed E-state index contributed by atoms with van der Waals surface area (Å²) in [5, 5.41) is 11.0. The van der Waals surface area contributed by atoms with Crippen molar-refractivity contribution in [3.63, 3.8) is 0 Å². The molecule has 6 nitrogen and oxygen atoms in total. The fourth-order valence-corrected chi connectivity index (χ4v) is 3.88. The predicted molar refractivity (Wildman–Crippen MR) is 101 cm³/mol. The average molecular weight is 413 g/mol. The van der Waals surface area contributed by atoms with Crippen LogP contribution in [0.3, 0.4) is 0 Å². The molecule has 0 N–H and O–H groups in total. The Hall–Kier alpha value is -1.38. The maximum Gasteiger partial charge on any atom is 1.00 e. The zero-order chi connectivity index (χ0) is 20.2. The molecule has 0 amide bonds. The molecule has 2 rings (SSSR count). The molecule has 0 aliphatic rings. The van der Waals surface area contributed by atoms with Gasteiger partial charge in [0.05, 0.1) is 10.9 Å². The van der Waals surface area contributed by atoms with E-state index in [4.69, 9.17) is 4.74 Å². The molecule has 0 saturated carbocycles. The predicted octanol–water partition coefficient (Wildman–Crippen LogP) is -1.15. The van der Waals surface area contributed by atoms with Crippen molar-refractivity contribution in [2.75, 3.05) is 7.05 Å². The number of carbonyl (C=O) groups excluding carboxylic acids is 1. The largest absolute Gasteiger partial charge is 1.00 e. The molecule has 0 aromatic heterocycles. The molecule has 0 saturated heterocycles. The molecule has 1 unspecified atom stereocenters. The number of carboxylic acid groups (broad SMARTS) is 1. The molecule has 0 radical (unpaired) electrons. The minimum absolute atomic E-state index is 0. The minimum atomic E-state index is -3.56. The summed E-state index contributed by atoms with van der Waals surface area (Å²) in [4.78, 5) is 11.3. The zero-order valence-corrected chi connectivity index (χ0v) is 19.7. The summed E-state index contributed by atoms with van der Waals surface area (Å²) in [7, 11) is -2.00. The van der Waals surface area contributed by atoms with Gasteiger partial charge in [-0.15, -0.1) is 0 Å². The van der Waals surface area contributed by atoms with Crippen LogP contribution in [0.1, 0.15) is 26.3 Å². The van der Waals surface area contributed by atoms with E-state index in [1.807, 2.05) is 6.92 Å². The van der Waals surface area contributed by atoms with Gasteiger partial charge in [0.15, 0.2) is 0 Å². The van der Waals surface area contributed by atoms with E-state index < -0.39 is 21.6 Å². The van der Waals surface area contributed by atoms with Crippen LogP contribution in [0, 0.1) is 0 Å². The molecule has 0 aliphatic heterocycles. The van der Waals surface area contributed by atoms with E-state index in [2.05, 4.69) is 0 Å². The number of likely N-dealkylation sites (N-methyl/N-ethyl adjacent to an activating group) is 1. The summed E-state index contributed by atoms with van der Waals surface area (Å²) in [5.74, 6) is -0.890. The fraction of sp³-hybridized carbons (Fsp3) is 0.350. The van der Waals surface area contributed by atoms with Crippen LogP contribution in [-0.2, 0) is 21.2 Å². The van der Waals surface area contributed by atoms with Crippen LogP contribution >= 0.6 is 0 Å². The number of rotatable bonds is 8. The third-order valence-electron chi connectivity index (χ3n) is 4.36. The van der Waals surface area contributed by atoms with E-state index >= 15 is 0 Å². The van der Waals surface area contributed by atoms with Gasteiger partial charge in [-0.25, -0.2) is 8.42 Å². The molecule has 28 heavy (non-hydrogen) atoms. The molecular formula is C20H24NNaO5S. The molecule has 0 aliphatic carbocycles. The molecule has 0 bridgehead atoms. The van der Waals surface area contributed by atoms with Crippen LogP contribution in [0.5, 0.6) is 5.75 Å². The van der Waals surface area contributed by atoms with E-state index in [1.54, 1.807) is 61.6 Å². The molecule has 0 heterocycles. The standard InChI is InChI=1S/C20H25NO5S.Na/c1-15(21(4)27(24,25)18-8-6-5-7-9-18)14-16-10-12-17(13-11-16)26-20(2,3)19(22)23;/h5-13,15H,14H2,1-4H3,(H,22,23);/q;+1/p-1. The molecule has 0 spiro atoms. The number of benzene rings is 2. The van der Waals surface area contributed by atoms with Crippen molar-refractivity contribution in [2.24, 2.45) is 0 Å². The second-order valence-electron chi connectivity index (χ2n) is 6.93. The average Bonchev–Trinajstić information content (AvgIpc) is 2.63. The van der Waals surface area contributed by atoms with Gasteiger partial charge >= 0.3 is 29.6 Å². The molecule has 2 aromatic carbocycles. The number of nitrogens with zero attached hydrogens (tertiary/aromatic N) is 1. The number of carbonyl (C=O) groups is 1. The van der Waals surface area contributed by atoms with Crippen LogP contribution in [0.15, 0.2) is 59.5 Å². The Bertz CT molecular complexity index is 883. The van der Waals surface area contributed by atoms with Gasteiger partial charge in [0.1, 0.15) is 11.4 Å². The van der Waals surface area contributed by atoms with Gasteiger partial charge < -0.3 is 14.6 Å². The van der Waals surface area contributed by atoms with Crippen LogP contribution in [0.4, 0.5) is 0 Å². The second kappa shape index (κ2) is 9.89. The number of sulfonamides is 1. The van der Waals surface area contributed by atoms with Crippen molar-refractivity contribution in [3.05, 3.63) is 60.2 Å². The smallest absolute Gasteiger partial charge is 0.546 e. The first-order chi connectivity index (χ1) is 12.5. The van der Waals surface area contributed by atoms with Crippen molar-refractivity contribution >= 4 is 16.0 Å². The third kappa shape index (κ3) is 6.06. The summed E-state index contributed by atoms with van der Waals surface area (Å²) < 4.78 is 32.1. The number of hydrogen-bond acceptors (Lipinski definition) is 5. The van der Waals surface area contributed by atoms with E-state index in [1.165, 1.54) is 18.2 Å². The van der Waals surface area contributed by atoms with E-state index in [9.17, 15) is 18.3 Å². The zero-order valence-electron chi connectivity index (χ0n) is 16.9. The summed E-state index contributed by atoms with van der Waals surface area (Å²) in [6.45, 7) is 4.67.